The molecule has 2 unspecified atom stereocenters. The Morgan fingerprint density at radius 3 is 2.91 bits per heavy atom. The number of nitrogens with zero attached hydrogens (tertiary/aromatic N) is 4. The van der Waals surface area contributed by atoms with Gasteiger partial charge in [0.05, 0.1) is 6.04 Å². The molecule has 0 saturated carbocycles. The molecule has 1 fully saturated rings. The lowest BCUT2D eigenvalue weighted by molar-refractivity contribution is -0.492. The molecule has 1 saturated heterocycles. The van der Waals surface area contributed by atoms with Crippen molar-refractivity contribution in [3.05, 3.63) is 32.7 Å². The molecule has 0 aromatic carbocycles. The summed E-state index contributed by atoms with van der Waals surface area (Å²) in [6.07, 6.45) is 4.92. The molecule has 0 radical (unpaired) electrons. The number of oxime groups is 1. The number of amides is 2. The van der Waals surface area contributed by atoms with Gasteiger partial charge in [0.15, 0.2) is 17.1 Å². The van der Waals surface area contributed by atoms with Crippen LogP contribution in [-0.2, 0) is 19.2 Å². The fourth-order valence-electron chi connectivity index (χ4n) is 3.71. The van der Waals surface area contributed by atoms with Crippen molar-refractivity contribution in [1.29, 1.82) is 0 Å². The zero-order chi connectivity index (χ0) is 24.4. The van der Waals surface area contributed by atoms with Gasteiger partial charge in [0.2, 0.25) is 0 Å². The molecule has 11 nitrogen and oxygen atoms in total. The van der Waals surface area contributed by atoms with Crippen LogP contribution in [0.2, 0.25) is 0 Å². The number of hydrogen-bond donors (Lipinski definition) is 3. The maximum Gasteiger partial charge on any atom is 0.353 e. The highest BCUT2D eigenvalue weighted by Gasteiger charge is 2.54. The minimum atomic E-state index is -1.16. The largest absolute Gasteiger partial charge is 0.477 e. The number of aliphatic carboxylic acids is 1. The van der Waals surface area contributed by atoms with E-state index in [1.807, 2.05) is 19.3 Å². The summed E-state index contributed by atoms with van der Waals surface area (Å²) in [6, 6.07) is -1.34. The van der Waals surface area contributed by atoms with Gasteiger partial charge in [-0.15, -0.1) is 34.9 Å². The quantitative estimate of drug-likeness (QED) is 0.192. The van der Waals surface area contributed by atoms with E-state index in [0.717, 1.165) is 24.3 Å². The Labute approximate surface area is 207 Å². The third-order valence-electron chi connectivity index (χ3n) is 5.42. The first kappa shape index (κ1) is 24.3. The molecule has 14 heteroatoms. The molecule has 0 spiro atoms. The van der Waals surface area contributed by atoms with Gasteiger partial charge in [-0.05, 0) is 4.91 Å². The summed E-state index contributed by atoms with van der Waals surface area (Å²) < 4.78 is 2.09. The molecule has 4 heterocycles. The predicted molar refractivity (Wildman–Crippen MR) is 132 cm³/mol. The maximum atomic E-state index is 12.9. The number of fused-ring (bicyclic) bond motifs is 1. The third kappa shape index (κ3) is 4.83. The van der Waals surface area contributed by atoms with Gasteiger partial charge in [0.1, 0.15) is 38.1 Å². The minimum Gasteiger partial charge on any atom is -0.477 e. The van der Waals surface area contributed by atoms with Crippen LogP contribution < -0.4 is 11.1 Å². The number of nitrogens with two attached hydrogens (primary N) is 1. The monoisotopic (exact) mass is 523 g/mol. The van der Waals surface area contributed by atoms with Crippen LogP contribution in [0.3, 0.4) is 0 Å². The Balaban J connectivity index is 1.47. The van der Waals surface area contributed by atoms with E-state index in [1.54, 1.807) is 17.1 Å². The van der Waals surface area contributed by atoms with Crippen molar-refractivity contribution in [2.24, 2.45) is 5.16 Å². The SMILES string of the molecule is CON=C(C(=O)NC1C(=O)N2C(C(=O)O)=C(CSC3=CC=[N+](C)CC3)SCC12)c1csc(N)n1. The van der Waals surface area contributed by atoms with Gasteiger partial charge in [0, 0.05) is 34.3 Å². The van der Waals surface area contributed by atoms with Crippen molar-refractivity contribution in [3.63, 3.8) is 0 Å². The van der Waals surface area contributed by atoms with Gasteiger partial charge >= 0.3 is 5.97 Å². The number of allylic oxidation sites excluding steroid dienone is 1. The number of carboxylic acids is 1. The number of thiazole rings is 1. The smallest absolute Gasteiger partial charge is 0.353 e. The molecule has 0 aliphatic carbocycles. The summed E-state index contributed by atoms with van der Waals surface area (Å²) in [5.74, 6) is -1.34. The van der Waals surface area contributed by atoms with E-state index in [1.165, 1.54) is 28.7 Å². The highest BCUT2D eigenvalue weighted by molar-refractivity contribution is 8.07. The van der Waals surface area contributed by atoms with E-state index in [-0.39, 0.29) is 22.2 Å². The summed E-state index contributed by atoms with van der Waals surface area (Å²) in [7, 11) is 3.29. The maximum absolute atomic E-state index is 12.9. The molecule has 3 aliphatic rings. The number of carboxylic acid groups (broad SMARTS) is 1. The molecule has 3 aliphatic heterocycles. The third-order valence-corrected chi connectivity index (χ3v) is 8.61. The lowest BCUT2D eigenvalue weighted by atomic mass is 9.94. The Morgan fingerprint density at radius 2 is 2.29 bits per heavy atom. The number of rotatable bonds is 8. The van der Waals surface area contributed by atoms with Crippen LogP contribution >= 0.6 is 34.9 Å². The number of anilines is 1. The molecule has 0 bridgehead atoms. The summed E-state index contributed by atoms with van der Waals surface area (Å²) in [6.45, 7) is 0.909. The topological polar surface area (TPSA) is 150 Å². The van der Waals surface area contributed by atoms with Crippen LogP contribution in [-0.4, -0.2) is 93.6 Å². The highest BCUT2D eigenvalue weighted by atomic mass is 32.2. The normalized spacial score (nSPS) is 22.5. The van der Waals surface area contributed by atoms with Crippen LogP contribution in [0.4, 0.5) is 5.13 Å². The van der Waals surface area contributed by atoms with E-state index in [0.29, 0.717) is 16.4 Å². The second-order valence-corrected chi connectivity index (χ2v) is 10.7. The number of aromatic nitrogens is 1. The van der Waals surface area contributed by atoms with Crippen molar-refractivity contribution in [1.82, 2.24) is 15.2 Å². The molecular weight excluding hydrogens is 500 g/mol. The molecule has 1 aromatic heterocycles. The van der Waals surface area contributed by atoms with Crippen molar-refractivity contribution < 1.29 is 28.9 Å². The fraction of sp³-hybridized carbons (Fsp3) is 0.400. The minimum absolute atomic E-state index is 0.0141. The summed E-state index contributed by atoms with van der Waals surface area (Å²) in [5, 5.41) is 18.0. The van der Waals surface area contributed by atoms with Crippen LogP contribution in [0, 0.1) is 0 Å². The van der Waals surface area contributed by atoms with E-state index < -0.39 is 29.9 Å². The second kappa shape index (κ2) is 10.2. The molecule has 180 valence electrons. The van der Waals surface area contributed by atoms with Gasteiger partial charge in [-0.1, -0.05) is 5.16 Å². The van der Waals surface area contributed by atoms with Crippen molar-refractivity contribution in [3.8, 4) is 0 Å². The first-order valence-corrected chi connectivity index (χ1v) is 13.1. The highest BCUT2D eigenvalue weighted by Crippen LogP contribution is 2.41. The number of nitrogen functional groups attached to an aromatic ring is 1. The van der Waals surface area contributed by atoms with Crippen LogP contribution in [0.25, 0.3) is 0 Å². The van der Waals surface area contributed by atoms with Crippen LogP contribution in [0.15, 0.2) is 32.1 Å². The van der Waals surface area contributed by atoms with Crippen LogP contribution in [0.5, 0.6) is 0 Å². The van der Waals surface area contributed by atoms with E-state index in [4.69, 9.17) is 10.6 Å². The lowest BCUT2D eigenvalue weighted by Crippen LogP contribution is -2.73. The van der Waals surface area contributed by atoms with Crippen molar-refractivity contribution >= 4 is 69.7 Å². The van der Waals surface area contributed by atoms with Gasteiger partial charge in [0.25, 0.3) is 11.8 Å². The fourth-order valence-corrected chi connectivity index (χ4v) is 6.65. The lowest BCUT2D eigenvalue weighted by Gasteiger charge is -2.49. The first-order valence-electron chi connectivity index (χ1n) is 10.2. The molecule has 2 atom stereocenters. The predicted octanol–water partition coefficient (Wildman–Crippen LogP) is 0.548. The molecule has 1 aromatic rings. The van der Waals surface area contributed by atoms with Gasteiger partial charge < -0.3 is 21.0 Å². The summed E-state index contributed by atoms with van der Waals surface area (Å²) >= 11 is 4.13. The molecule has 34 heavy (non-hydrogen) atoms. The number of hydrogen-bond acceptors (Lipinski definition) is 10. The van der Waals surface area contributed by atoms with Crippen molar-refractivity contribution in [2.45, 2.75) is 18.5 Å². The Kier molecular flexibility index (Phi) is 7.28. The number of carbonyl (C=O) groups is 3. The van der Waals surface area contributed by atoms with Gasteiger partial charge in [-0.25, -0.2) is 14.4 Å². The zero-order valence-electron chi connectivity index (χ0n) is 18.4. The summed E-state index contributed by atoms with van der Waals surface area (Å²) in [4.78, 5) is 49.7. The van der Waals surface area contributed by atoms with Crippen molar-refractivity contribution in [2.75, 3.05) is 37.9 Å². The van der Waals surface area contributed by atoms with Gasteiger partial charge in [-0.2, -0.15) is 0 Å². The number of nitrogens with one attached hydrogen (secondary N) is 1. The van der Waals surface area contributed by atoms with E-state index in [2.05, 4.69) is 20.0 Å². The van der Waals surface area contributed by atoms with E-state index in [9.17, 15) is 19.5 Å². The number of carbonyl (C=O) groups excluding carboxylic acids is 2. The molecule has 4 rings (SSSR count). The Hall–Kier alpha value is -2.84. The van der Waals surface area contributed by atoms with Gasteiger partial charge in [-0.3, -0.25) is 14.5 Å². The molecular formula is C20H23N6O5S3+. The standard InChI is InChI=1S/C20H22N6O5S3/c1-25-5-3-10(4-6-25)32-9-13-16(19(29)30)26-12(8-33-13)15(18(26)28)23-17(27)14(24-31-2)11-7-34-20(21)22-11/h3,5,7,12,15H,4,6,8-9H2,1-2H3,(H3-,21,22,23,27,29,30)/p+1. The number of β-lactam (4-membered cyclic amide) rings is 1. The Morgan fingerprint density at radius 1 is 1.50 bits per heavy atom. The van der Waals surface area contributed by atoms with Crippen LogP contribution in [0.1, 0.15) is 12.1 Å². The second-order valence-electron chi connectivity index (χ2n) is 7.61. The Bertz CT molecular complexity index is 1160. The first-order chi connectivity index (χ1) is 16.3. The average molecular weight is 524 g/mol. The number of thioether (sulfide) groups is 2. The average Bonchev–Trinajstić information content (AvgIpc) is 3.25. The van der Waals surface area contributed by atoms with E-state index >= 15 is 0 Å². The molecule has 2 amide bonds. The molecule has 4 N–H and O–H groups in total. The summed E-state index contributed by atoms with van der Waals surface area (Å²) in [5.41, 5.74) is 5.75. The zero-order valence-corrected chi connectivity index (χ0v) is 20.8.